The Morgan fingerprint density at radius 3 is 2.94 bits per heavy atom. The number of aromatic nitrogens is 1. The number of pyridine rings is 1. The van der Waals surface area contributed by atoms with Crippen LogP contribution in [0.4, 0.5) is 11.4 Å². The van der Waals surface area contributed by atoms with Gasteiger partial charge in [0.1, 0.15) is 11.8 Å². The molecule has 90 valence electrons. The van der Waals surface area contributed by atoms with Gasteiger partial charge in [0.15, 0.2) is 0 Å². The second kappa shape index (κ2) is 5.52. The molecule has 0 fully saturated rings. The molecule has 5 heteroatoms. The average molecular weight is 304 g/mol. The molecule has 0 bridgehead atoms. The Morgan fingerprint density at radius 2 is 2.22 bits per heavy atom. The highest BCUT2D eigenvalue weighted by Gasteiger charge is 2.04. The van der Waals surface area contributed by atoms with Gasteiger partial charge in [-0.3, -0.25) is 4.98 Å². The molecule has 1 heterocycles. The van der Waals surface area contributed by atoms with Crippen LogP contribution in [-0.4, -0.2) is 12.1 Å². The molecule has 18 heavy (non-hydrogen) atoms. The predicted molar refractivity (Wildman–Crippen MR) is 72.9 cm³/mol. The Kier molecular flexibility index (Phi) is 3.80. The topological polar surface area (TPSA) is 57.9 Å². The van der Waals surface area contributed by atoms with Crippen LogP contribution in [0.3, 0.4) is 0 Å². The number of hydrogen-bond donors (Lipinski definition) is 1. The van der Waals surface area contributed by atoms with E-state index in [1.807, 2.05) is 18.2 Å². The summed E-state index contributed by atoms with van der Waals surface area (Å²) in [7, 11) is 1.61. The number of nitrogens with zero attached hydrogens (tertiary/aromatic N) is 2. The molecule has 1 aromatic heterocycles. The zero-order valence-corrected chi connectivity index (χ0v) is 11.2. The first-order chi connectivity index (χ1) is 8.72. The molecule has 0 aliphatic carbocycles. The molecule has 2 aromatic rings. The van der Waals surface area contributed by atoms with Crippen molar-refractivity contribution < 1.29 is 4.74 Å². The summed E-state index contributed by atoms with van der Waals surface area (Å²) in [5.41, 5.74) is 2.04. The Bertz CT molecular complexity index is 607. The third-order valence-electron chi connectivity index (χ3n) is 2.33. The number of halogens is 1. The first kappa shape index (κ1) is 12.4. The fraction of sp³-hybridized carbons (Fsp3) is 0.0769. The van der Waals surface area contributed by atoms with Crippen LogP contribution in [0.5, 0.6) is 5.75 Å². The summed E-state index contributed by atoms with van der Waals surface area (Å²) in [4.78, 5) is 4.00. The van der Waals surface area contributed by atoms with Crippen molar-refractivity contribution in [3.63, 3.8) is 0 Å². The van der Waals surface area contributed by atoms with Crippen LogP contribution in [0, 0.1) is 11.3 Å². The third-order valence-corrected chi connectivity index (χ3v) is 2.79. The van der Waals surface area contributed by atoms with Gasteiger partial charge in [0.05, 0.1) is 24.6 Å². The summed E-state index contributed by atoms with van der Waals surface area (Å²) in [5, 5.41) is 12.1. The van der Waals surface area contributed by atoms with Crippen molar-refractivity contribution in [2.24, 2.45) is 0 Å². The van der Waals surface area contributed by atoms with Crippen LogP contribution in [-0.2, 0) is 0 Å². The molecule has 1 N–H and O–H groups in total. The van der Waals surface area contributed by atoms with E-state index in [2.05, 4.69) is 32.3 Å². The lowest BCUT2D eigenvalue weighted by atomic mass is 10.2. The van der Waals surface area contributed by atoms with Crippen LogP contribution in [0.25, 0.3) is 0 Å². The van der Waals surface area contributed by atoms with Gasteiger partial charge in [-0.1, -0.05) is 15.9 Å². The van der Waals surface area contributed by atoms with Gasteiger partial charge >= 0.3 is 0 Å². The standard InChI is InChI=1S/C13H10BrN3O/c1-18-12-5-10(14)4-11(6-12)17-13-8-16-3-2-9(13)7-15/h2-6,8,17H,1H3. The first-order valence-corrected chi connectivity index (χ1v) is 5.98. The van der Waals surface area contributed by atoms with Gasteiger partial charge in [-0.2, -0.15) is 5.26 Å². The van der Waals surface area contributed by atoms with Crippen LogP contribution in [0.15, 0.2) is 41.1 Å². The Balaban J connectivity index is 2.34. The number of nitrogens with one attached hydrogen (secondary N) is 1. The Hall–Kier alpha value is -2.06. The van der Waals surface area contributed by atoms with E-state index in [0.717, 1.165) is 15.9 Å². The largest absolute Gasteiger partial charge is 0.497 e. The lowest BCUT2D eigenvalue weighted by molar-refractivity contribution is 0.415. The van der Waals surface area contributed by atoms with Gasteiger partial charge in [0.25, 0.3) is 0 Å². The van der Waals surface area contributed by atoms with Gasteiger partial charge in [0, 0.05) is 22.4 Å². The predicted octanol–water partition coefficient (Wildman–Crippen LogP) is 3.47. The molecular formula is C13H10BrN3O. The minimum absolute atomic E-state index is 0.545. The smallest absolute Gasteiger partial charge is 0.122 e. The van der Waals surface area contributed by atoms with Gasteiger partial charge in [-0.25, -0.2) is 0 Å². The van der Waals surface area contributed by atoms with E-state index in [1.165, 1.54) is 0 Å². The molecular weight excluding hydrogens is 294 g/mol. The second-order valence-electron chi connectivity index (χ2n) is 3.54. The molecule has 0 amide bonds. The Morgan fingerprint density at radius 1 is 1.39 bits per heavy atom. The van der Waals surface area contributed by atoms with Crippen LogP contribution >= 0.6 is 15.9 Å². The molecule has 0 aliphatic heterocycles. The number of ether oxygens (including phenoxy) is 1. The quantitative estimate of drug-likeness (QED) is 0.943. The maximum absolute atomic E-state index is 9.00. The van der Waals surface area contributed by atoms with Gasteiger partial charge in [-0.05, 0) is 18.2 Å². The highest BCUT2D eigenvalue weighted by atomic mass is 79.9. The van der Waals surface area contributed by atoms with Crippen LogP contribution < -0.4 is 10.1 Å². The zero-order valence-electron chi connectivity index (χ0n) is 9.64. The minimum atomic E-state index is 0.545. The fourth-order valence-electron chi connectivity index (χ4n) is 1.50. The molecule has 4 nitrogen and oxygen atoms in total. The highest BCUT2D eigenvalue weighted by Crippen LogP contribution is 2.27. The first-order valence-electron chi connectivity index (χ1n) is 5.18. The summed E-state index contributed by atoms with van der Waals surface area (Å²) in [6, 6.07) is 9.38. The lowest BCUT2D eigenvalue weighted by Gasteiger charge is -2.09. The molecule has 1 aromatic carbocycles. The van der Waals surface area contributed by atoms with Crippen molar-refractivity contribution in [2.75, 3.05) is 12.4 Å². The maximum Gasteiger partial charge on any atom is 0.122 e. The number of hydrogen-bond acceptors (Lipinski definition) is 4. The second-order valence-corrected chi connectivity index (χ2v) is 4.45. The summed E-state index contributed by atoms with van der Waals surface area (Å²) >= 11 is 3.40. The molecule has 0 saturated carbocycles. The van der Waals surface area contributed by atoms with Crippen molar-refractivity contribution in [1.82, 2.24) is 4.98 Å². The van der Waals surface area contributed by atoms with Crippen molar-refractivity contribution in [3.05, 3.63) is 46.7 Å². The number of methoxy groups -OCH3 is 1. The van der Waals surface area contributed by atoms with Crippen molar-refractivity contribution in [2.45, 2.75) is 0 Å². The van der Waals surface area contributed by atoms with E-state index in [-0.39, 0.29) is 0 Å². The SMILES string of the molecule is COc1cc(Br)cc(Nc2cnccc2C#N)c1. The van der Waals surface area contributed by atoms with Crippen LogP contribution in [0.1, 0.15) is 5.56 Å². The van der Waals surface area contributed by atoms with E-state index in [1.54, 1.807) is 25.6 Å². The molecule has 0 unspecified atom stereocenters. The summed E-state index contributed by atoms with van der Waals surface area (Å²) in [5.74, 6) is 0.731. The number of benzene rings is 1. The summed E-state index contributed by atoms with van der Waals surface area (Å²) in [6.07, 6.45) is 3.21. The van der Waals surface area contributed by atoms with Gasteiger partial charge < -0.3 is 10.1 Å². The van der Waals surface area contributed by atoms with E-state index in [9.17, 15) is 0 Å². The van der Waals surface area contributed by atoms with E-state index in [0.29, 0.717) is 11.3 Å². The summed E-state index contributed by atoms with van der Waals surface area (Å²) < 4.78 is 6.07. The number of rotatable bonds is 3. The van der Waals surface area contributed by atoms with Crippen molar-refractivity contribution in [3.8, 4) is 11.8 Å². The highest BCUT2D eigenvalue weighted by molar-refractivity contribution is 9.10. The van der Waals surface area contributed by atoms with E-state index >= 15 is 0 Å². The minimum Gasteiger partial charge on any atom is -0.497 e. The molecule has 0 atom stereocenters. The average Bonchev–Trinajstić information content (AvgIpc) is 2.38. The molecule has 0 saturated heterocycles. The van der Waals surface area contributed by atoms with Gasteiger partial charge in [-0.15, -0.1) is 0 Å². The zero-order chi connectivity index (χ0) is 13.0. The monoisotopic (exact) mass is 303 g/mol. The molecule has 2 rings (SSSR count). The normalized spacial score (nSPS) is 9.61. The van der Waals surface area contributed by atoms with Crippen molar-refractivity contribution >= 4 is 27.3 Å². The van der Waals surface area contributed by atoms with Crippen molar-refractivity contribution in [1.29, 1.82) is 5.26 Å². The lowest BCUT2D eigenvalue weighted by Crippen LogP contribution is -1.95. The van der Waals surface area contributed by atoms with E-state index < -0.39 is 0 Å². The summed E-state index contributed by atoms with van der Waals surface area (Å²) in [6.45, 7) is 0. The number of anilines is 2. The molecule has 0 radical (unpaired) electrons. The fourth-order valence-corrected chi connectivity index (χ4v) is 1.97. The Labute approximate surface area is 113 Å². The van der Waals surface area contributed by atoms with Crippen LogP contribution in [0.2, 0.25) is 0 Å². The maximum atomic E-state index is 9.00. The van der Waals surface area contributed by atoms with E-state index in [4.69, 9.17) is 10.00 Å². The van der Waals surface area contributed by atoms with Gasteiger partial charge in [0.2, 0.25) is 0 Å². The third kappa shape index (κ3) is 2.79. The number of nitriles is 1. The molecule has 0 spiro atoms. The molecule has 0 aliphatic rings.